The van der Waals surface area contributed by atoms with Gasteiger partial charge in [0.25, 0.3) is 0 Å². The van der Waals surface area contributed by atoms with Crippen LogP contribution in [0.15, 0.2) is 23.8 Å². The van der Waals surface area contributed by atoms with E-state index in [0.29, 0.717) is 16.0 Å². The zero-order chi connectivity index (χ0) is 12.1. The monoisotopic (exact) mass is 257 g/mol. The van der Waals surface area contributed by atoms with Crippen LogP contribution in [0.2, 0.25) is 10.0 Å². The van der Waals surface area contributed by atoms with Gasteiger partial charge in [0.1, 0.15) is 0 Å². The van der Waals surface area contributed by atoms with Crippen LogP contribution in [0.5, 0.6) is 0 Å². The first-order chi connectivity index (χ1) is 7.54. The van der Waals surface area contributed by atoms with Gasteiger partial charge >= 0.3 is 0 Å². The van der Waals surface area contributed by atoms with E-state index in [9.17, 15) is 0 Å². The second-order valence-electron chi connectivity index (χ2n) is 4.07. The quantitative estimate of drug-likeness (QED) is 0.851. The lowest BCUT2D eigenvalue weighted by molar-refractivity contribution is 0.713. The second-order valence-corrected chi connectivity index (χ2v) is 4.91. The van der Waals surface area contributed by atoms with E-state index >= 15 is 0 Å². The Morgan fingerprint density at radius 2 is 2.06 bits per heavy atom. The standard InChI is InChI=1S/C13H17Cl2N/c1-9(2)11(8-16-3)6-10-4-5-12(14)7-13(10)15/h4-7,9,16H,8H2,1-3H3. The Bertz CT molecular complexity index is 384. The average Bonchev–Trinajstić information content (AvgIpc) is 2.20. The van der Waals surface area contributed by atoms with Crippen molar-refractivity contribution in [2.24, 2.45) is 5.92 Å². The van der Waals surface area contributed by atoms with Crippen LogP contribution in [-0.2, 0) is 0 Å². The number of hydrogen-bond acceptors (Lipinski definition) is 1. The molecule has 1 aromatic rings. The molecule has 3 heteroatoms. The highest BCUT2D eigenvalue weighted by Crippen LogP contribution is 2.24. The number of halogens is 2. The summed E-state index contributed by atoms with van der Waals surface area (Å²) in [5.41, 5.74) is 2.34. The summed E-state index contributed by atoms with van der Waals surface area (Å²) in [6, 6.07) is 5.57. The predicted molar refractivity (Wildman–Crippen MR) is 73.2 cm³/mol. The fourth-order valence-corrected chi connectivity index (χ4v) is 1.91. The van der Waals surface area contributed by atoms with Crippen LogP contribution in [0.1, 0.15) is 19.4 Å². The van der Waals surface area contributed by atoms with Gasteiger partial charge in [-0.05, 0) is 30.7 Å². The van der Waals surface area contributed by atoms with Gasteiger partial charge in [0, 0.05) is 16.6 Å². The number of rotatable bonds is 4. The molecule has 0 aromatic heterocycles. The predicted octanol–water partition coefficient (Wildman–Crippen LogP) is 4.25. The van der Waals surface area contributed by atoms with E-state index < -0.39 is 0 Å². The molecule has 0 spiro atoms. The van der Waals surface area contributed by atoms with Crippen LogP contribution in [0, 0.1) is 5.92 Å². The normalized spacial score (nSPS) is 12.2. The van der Waals surface area contributed by atoms with E-state index in [0.717, 1.165) is 12.1 Å². The summed E-state index contributed by atoms with van der Waals surface area (Å²) in [6.07, 6.45) is 2.12. The molecule has 0 fully saturated rings. The summed E-state index contributed by atoms with van der Waals surface area (Å²) in [6.45, 7) is 5.22. The molecule has 0 saturated carbocycles. The Morgan fingerprint density at radius 1 is 1.38 bits per heavy atom. The fraction of sp³-hybridized carbons (Fsp3) is 0.385. The Hall–Kier alpha value is -0.500. The summed E-state index contributed by atoms with van der Waals surface area (Å²) < 4.78 is 0. The number of benzene rings is 1. The van der Waals surface area contributed by atoms with Gasteiger partial charge in [0.2, 0.25) is 0 Å². The zero-order valence-electron chi connectivity index (χ0n) is 9.85. The topological polar surface area (TPSA) is 12.0 Å². The van der Waals surface area contributed by atoms with Crippen molar-refractivity contribution in [2.75, 3.05) is 13.6 Å². The van der Waals surface area contributed by atoms with Gasteiger partial charge in [-0.3, -0.25) is 0 Å². The van der Waals surface area contributed by atoms with E-state index in [4.69, 9.17) is 23.2 Å². The number of hydrogen-bond donors (Lipinski definition) is 1. The van der Waals surface area contributed by atoms with Crippen molar-refractivity contribution in [1.29, 1.82) is 0 Å². The lowest BCUT2D eigenvalue weighted by Gasteiger charge is -2.11. The fourth-order valence-electron chi connectivity index (χ4n) is 1.44. The molecular formula is C13H17Cl2N. The molecule has 0 unspecified atom stereocenters. The first kappa shape index (κ1) is 13.6. The molecular weight excluding hydrogens is 241 g/mol. The maximum atomic E-state index is 6.13. The van der Waals surface area contributed by atoms with Gasteiger partial charge in [-0.2, -0.15) is 0 Å². The molecule has 0 atom stereocenters. The molecule has 1 rings (SSSR count). The molecule has 1 aromatic carbocycles. The molecule has 16 heavy (non-hydrogen) atoms. The van der Waals surface area contributed by atoms with E-state index in [1.54, 1.807) is 6.07 Å². The Morgan fingerprint density at radius 3 is 2.56 bits per heavy atom. The van der Waals surface area contributed by atoms with Crippen LogP contribution in [0.25, 0.3) is 6.08 Å². The van der Waals surface area contributed by atoms with Crippen LogP contribution in [0.4, 0.5) is 0 Å². The Kier molecular flexibility index (Phi) is 5.33. The van der Waals surface area contributed by atoms with Crippen molar-refractivity contribution in [3.05, 3.63) is 39.4 Å². The van der Waals surface area contributed by atoms with E-state index in [2.05, 4.69) is 25.2 Å². The number of nitrogens with one attached hydrogen (secondary N) is 1. The van der Waals surface area contributed by atoms with Gasteiger partial charge in [-0.1, -0.05) is 54.8 Å². The maximum absolute atomic E-state index is 6.13. The highest BCUT2D eigenvalue weighted by atomic mass is 35.5. The minimum atomic E-state index is 0.499. The van der Waals surface area contributed by atoms with Crippen LogP contribution < -0.4 is 5.32 Å². The molecule has 1 nitrogen and oxygen atoms in total. The first-order valence-corrected chi connectivity index (χ1v) is 6.10. The molecule has 0 amide bonds. The van der Waals surface area contributed by atoms with Crippen molar-refractivity contribution < 1.29 is 0 Å². The largest absolute Gasteiger partial charge is 0.316 e. The SMILES string of the molecule is CNCC(=Cc1ccc(Cl)cc1Cl)C(C)C. The summed E-state index contributed by atoms with van der Waals surface area (Å²) in [5.74, 6) is 0.499. The zero-order valence-corrected chi connectivity index (χ0v) is 11.4. The van der Waals surface area contributed by atoms with Crippen LogP contribution in [-0.4, -0.2) is 13.6 Å². The van der Waals surface area contributed by atoms with Gasteiger partial charge < -0.3 is 5.32 Å². The lowest BCUT2D eigenvalue weighted by Crippen LogP contribution is -2.13. The molecule has 0 aliphatic carbocycles. The molecule has 1 N–H and O–H groups in total. The van der Waals surface area contributed by atoms with Crippen molar-refractivity contribution >= 4 is 29.3 Å². The molecule has 88 valence electrons. The summed E-state index contributed by atoms with van der Waals surface area (Å²) >= 11 is 12.0. The molecule has 0 heterocycles. The van der Waals surface area contributed by atoms with Crippen molar-refractivity contribution in [3.8, 4) is 0 Å². The van der Waals surface area contributed by atoms with Gasteiger partial charge in [-0.15, -0.1) is 0 Å². The third-order valence-electron chi connectivity index (χ3n) is 2.43. The van der Waals surface area contributed by atoms with Gasteiger partial charge in [0.15, 0.2) is 0 Å². The summed E-state index contributed by atoms with van der Waals surface area (Å²) in [5, 5.41) is 4.53. The third kappa shape index (κ3) is 3.82. The maximum Gasteiger partial charge on any atom is 0.0493 e. The Balaban J connectivity index is 3.02. The van der Waals surface area contributed by atoms with Crippen molar-refractivity contribution in [3.63, 3.8) is 0 Å². The van der Waals surface area contributed by atoms with Crippen molar-refractivity contribution in [1.82, 2.24) is 5.32 Å². The summed E-state index contributed by atoms with van der Waals surface area (Å²) in [4.78, 5) is 0. The van der Waals surface area contributed by atoms with Crippen molar-refractivity contribution in [2.45, 2.75) is 13.8 Å². The summed E-state index contributed by atoms with van der Waals surface area (Å²) in [7, 11) is 1.94. The van der Waals surface area contributed by atoms with Gasteiger partial charge in [0.05, 0.1) is 0 Å². The van der Waals surface area contributed by atoms with E-state index in [1.165, 1.54) is 5.57 Å². The average molecular weight is 258 g/mol. The van der Waals surface area contributed by atoms with E-state index in [1.807, 2.05) is 19.2 Å². The lowest BCUT2D eigenvalue weighted by atomic mass is 10.0. The highest BCUT2D eigenvalue weighted by Gasteiger charge is 2.04. The number of likely N-dealkylation sites (N-methyl/N-ethyl adjacent to an activating group) is 1. The highest BCUT2D eigenvalue weighted by molar-refractivity contribution is 6.35. The molecule has 0 saturated heterocycles. The molecule has 0 aliphatic rings. The minimum Gasteiger partial charge on any atom is -0.316 e. The Labute approximate surface area is 107 Å². The molecule has 0 bridgehead atoms. The first-order valence-electron chi connectivity index (χ1n) is 5.34. The molecule has 0 radical (unpaired) electrons. The van der Waals surface area contributed by atoms with Crippen LogP contribution >= 0.6 is 23.2 Å². The smallest absolute Gasteiger partial charge is 0.0493 e. The minimum absolute atomic E-state index is 0.499. The molecule has 0 aliphatic heterocycles. The van der Waals surface area contributed by atoms with E-state index in [-0.39, 0.29) is 0 Å². The third-order valence-corrected chi connectivity index (χ3v) is 2.99. The van der Waals surface area contributed by atoms with Crippen LogP contribution in [0.3, 0.4) is 0 Å². The van der Waals surface area contributed by atoms with Gasteiger partial charge in [-0.25, -0.2) is 0 Å². The second kappa shape index (κ2) is 6.29.